The van der Waals surface area contributed by atoms with Gasteiger partial charge in [0.25, 0.3) is 0 Å². The van der Waals surface area contributed by atoms with Crippen LogP contribution >= 0.6 is 22.9 Å². The van der Waals surface area contributed by atoms with Crippen LogP contribution < -0.4 is 10.5 Å². The lowest BCUT2D eigenvalue weighted by atomic mass is 10.2. The SMILES string of the molecule is COc1cc(N)c(Cl)cc1-c1nn2cnnc2s1. The van der Waals surface area contributed by atoms with Gasteiger partial charge in [-0.3, -0.25) is 0 Å². The lowest BCUT2D eigenvalue weighted by Crippen LogP contribution is -1.93. The minimum atomic E-state index is 0.469. The molecule has 0 saturated carbocycles. The normalized spacial score (nSPS) is 11.0. The van der Waals surface area contributed by atoms with Crippen molar-refractivity contribution in [1.29, 1.82) is 0 Å². The van der Waals surface area contributed by atoms with Crippen LogP contribution in [0.5, 0.6) is 5.75 Å². The Kier molecular flexibility index (Phi) is 2.57. The molecule has 92 valence electrons. The molecule has 0 bridgehead atoms. The average molecular weight is 282 g/mol. The van der Waals surface area contributed by atoms with Gasteiger partial charge in [-0.15, -0.1) is 10.2 Å². The van der Waals surface area contributed by atoms with Crippen LogP contribution in [0, 0.1) is 0 Å². The fourth-order valence-corrected chi connectivity index (χ4v) is 2.58. The van der Waals surface area contributed by atoms with E-state index < -0.39 is 0 Å². The smallest absolute Gasteiger partial charge is 0.234 e. The minimum absolute atomic E-state index is 0.469. The van der Waals surface area contributed by atoms with Crippen molar-refractivity contribution in [1.82, 2.24) is 19.8 Å². The summed E-state index contributed by atoms with van der Waals surface area (Å²) in [5, 5.41) is 13.3. The van der Waals surface area contributed by atoms with Gasteiger partial charge in [-0.2, -0.15) is 9.61 Å². The Morgan fingerprint density at radius 1 is 1.44 bits per heavy atom. The van der Waals surface area contributed by atoms with Crippen LogP contribution in [-0.4, -0.2) is 26.9 Å². The number of methoxy groups -OCH3 is 1. The van der Waals surface area contributed by atoms with E-state index in [1.165, 1.54) is 11.3 Å². The highest BCUT2D eigenvalue weighted by atomic mass is 35.5. The van der Waals surface area contributed by atoms with E-state index in [2.05, 4.69) is 15.3 Å². The quantitative estimate of drug-likeness (QED) is 0.728. The van der Waals surface area contributed by atoms with Gasteiger partial charge in [0.05, 0.1) is 23.4 Å². The number of anilines is 1. The summed E-state index contributed by atoms with van der Waals surface area (Å²) in [6.45, 7) is 0. The number of ether oxygens (including phenoxy) is 1. The zero-order valence-electron chi connectivity index (χ0n) is 9.29. The van der Waals surface area contributed by atoms with Gasteiger partial charge in [-0.1, -0.05) is 22.9 Å². The van der Waals surface area contributed by atoms with E-state index in [1.807, 2.05) is 0 Å². The van der Waals surface area contributed by atoms with Crippen molar-refractivity contribution in [3.63, 3.8) is 0 Å². The number of hydrogen-bond donors (Lipinski definition) is 1. The summed E-state index contributed by atoms with van der Waals surface area (Å²) < 4.78 is 6.89. The predicted molar refractivity (Wildman–Crippen MR) is 70.1 cm³/mol. The van der Waals surface area contributed by atoms with Crippen LogP contribution in [-0.2, 0) is 0 Å². The van der Waals surface area contributed by atoms with Crippen LogP contribution in [0.1, 0.15) is 0 Å². The number of fused-ring (bicyclic) bond motifs is 1. The number of aromatic nitrogens is 4. The maximum absolute atomic E-state index is 6.03. The van der Waals surface area contributed by atoms with Crippen LogP contribution in [0.25, 0.3) is 15.5 Å². The van der Waals surface area contributed by atoms with Crippen molar-refractivity contribution in [2.75, 3.05) is 12.8 Å². The van der Waals surface area contributed by atoms with Gasteiger partial charge < -0.3 is 10.5 Å². The fraction of sp³-hybridized carbons (Fsp3) is 0.100. The molecular formula is C10H8ClN5OS. The fourth-order valence-electron chi connectivity index (χ4n) is 1.57. The Morgan fingerprint density at radius 2 is 2.28 bits per heavy atom. The summed E-state index contributed by atoms with van der Waals surface area (Å²) in [4.78, 5) is 0.708. The van der Waals surface area contributed by atoms with Gasteiger partial charge in [0, 0.05) is 6.07 Å². The number of nitrogens with two attached hydrogens (primary N) is 1. The second-order valence-corrected chi connectivity index (χ2v) is 4.90. The molecule has 0 aliphatic heterocycles. The molecule has 8 heteroatoms. The Morgan fingerprint density at radius 3 is 3.00 bits per heavy atom. The first-order chi connectivity index (χ1) is 8.69. The molecule has 0 aliphatic rings. The Bertz CT molecular complexity index is 694. The molecule has 0 radical (unpaired) electrons. The van der Waals surface area contributed by atoms with Crippen molar-refractivity contribution >= 4 is 33.6 Å². The minimum Gasteiger partial charge on any atom is -0.496 e. The Labute approximate surface area is 111 Å². The summed E-state index contributed by atoms with van der Waals surface area (Å²) in [6, 6.07) is 3.42. The summed E-state index contributed by atoms with van der Waals surface area (Å²) in [7, 11) is 1.58. The highest BCUT2D eigenvalue weighted by Gasteiger charge is 2.14. The highest BCUT2D eigenvalue weighted by Crippen LogP contribution is 2.37. The van der Waals surface area contributed by atoms with E-state index in [1.54, 1.807) is 30.1 Å². The number of rotatable bonds is 2. The first kappa shape index (κ1) is 11.2. The second kappa shape index (κ2) is 4.11. The first-order valence-corrected chi connectivity index (χ1v) is 6.18. The molecule has 2 aromatic heterocycles. The van der Waals surface area contributed by atoms with Gasteiger partial charge in [0.2, 0.25) is 4.96 Å². The third kappa shape index (κ3) is 1.68. The molecule has 0 aliphatic carbocycles. The van der Waals surface area contributed by atoms with Crippen molar-refractivity contribution in [2.24, 2.45) is 0 Å². The van der Waals surface area contributed by atoms with Crippen molar-refractivity contribution in [3.05, 3.63) is 23.5 Å². The summed E-state index contributed by atoms with van der Waals surface area (Å²) >= 11 is 7.43. The Hall–Kier alpha value is -1.86. The standard InChI is InChI=1S/C10H8ClN5OS/c1-17-8-3-7(12)6(11)2-5(8)9-15-16-4-13-14-10(16)18-9/h2-4H,12H2,1H3. The summed E-state index contributed by atoms with van der Waals surface area (Å²) in [5.74, 6) is 0.627. The van der Waals surface area contributed by atoms with Gasteiger partial charge in [-0.25, -0.2) is 0 Å². The van der Waals surface area contributed by atoms with E-state index in [0.717, 1.165) is 10.6 Å². The summed E-state index contributed by atoms with van der Waals surface area (Å²) in [6.07, 6.45) is 1.54. The maximum Gasteiger partial charge on any atom is 0.234 e. The number of nitrogen functional groups attached to an aromatic ring is 1. The average Bonchev–Trinajstić information content (AvgIpc) is 2.92. The van der Waals surface area contributed by atoms with Crippen molar-refractivity contribution < 1.29 is 4.74 Å². The molecule has 2 heterocycles. The van der Waals surface area contributed by atoms with Crippen LogP contribution in [0.2, 0.25) is 5.02 Å². The van der Waals surface area contributed by atoms with Gasteiger partial charge >= 0.3 is 0 Å². The molecule has 3 aromatic rings. The second-order valence-electron chi connectivity index (χ2n) is 3.54. The molecule has 18 heavy (non-hydrogen) atoms. The van der Waals surface area contributed by atoms with Crippen LogP contribution in [0.4, 0.5) is 5.69 Å². The van der Waals surface area contributed by atoms with E-state index in [-0.39, 0.29) is 0 Å². The Balaban J connectivity index is 2.21. The topological polar surface area (TPSA) is 78.3 Å². The molecule has 0 unspecified atom stereocenters. The third-order valence-corrected chi connectivity index (χ3v) is 3.71. The van der Waals surface area contributed by atoms with Gasteiger partial charge in [0.15, 0.2) is 5.01 Å². The predicted octanol–water partition coefficient (Wildman–Crippen LogP) is 2.10. The number of halogens is 1. The summed E-state index contributed by atoms with van der Waals surface area (Å²) in [5.41, 5.74) is 7.00. The number of benzene rings is 1. The molecule has 0 amide bonds. The monoisotopic (exact) mass is 281 g/mol. The highest BCUT2D eigenvalue weighted by molar-refractivity contribution is 7.19. The van der Waals surface area contributed by atoms with Crippen molar-refractivity contribution in [3.8, 4) is 16.3 Å². The first-order valence-electron chi connectivity index (χ1n) is 4.99. The van der Waals surface area contributed by atoms with Crippen molar-refractivity contribution in [2.45, 2.75) is 0 Å². The van der Waals surface area contributed by atoms with Gasteiger partial charge in [-0.05, 0) is 6.07 Å². The molecule has 3 rings (SSSR count). The molecule has 0 spiro atoms. The molecule has 0 fully saturated rings. The van der Waals surface area contributed by atoms with Gasteiger partial charge in [0.1, 0.15) is 12.1 Å². The molecule has 0 atom stereocenters. The lowest BCUT2D eigenvalue weighted by molar-refractivity contribution is 0.416. The largest absolute Gasteiger partial charge is 0.496 e. The zero-order valence-corrected chi connectivity index (χ0v) is 10.9. The van der Waals surface area contributed by atoms with E-state index >= 15 is 0 Å². The third-order valence-electron chi connectivity index (χ3n) is 2.44. The van der Waals surface area contributed by atoms with E-state index in [9.17, 15) is 0 Å². The van der Waals surface area contributed by atoms with Crippen LogP contribution in [0.15, 0.2) is 18.5 Å². The zero-order chi connectivity index (χ0) is 12.7. The molecule has 2 N–H and O–H groups in total. The molecule has 6 nitrogen and oxygen atoms in total. The number of hydrogen-bond acceptors (Lipinski definition) is 6. The molecule has 1 aromatic carbocycles. The van der Waals surface area contributed by atoms with Crippen LogP contribution in [0.3, 0.4) is 0 Å². The maximum atomic E-state index is 6.03. The van der Waals surface area contributed by atoms with E-state index in [0.29, 0.717) is 21.4 Å². The molecular weight excluding hydrogens is 274 g/mol. The molecule has 0 saturated heterocycles. The number of nitrogens with zero attached hydrogens (tertiary/aromatic N) is 4. The lowest BCUT2D eigenvalue weighted by Gasteiger charge is -2.08. The van der Waals surface area contributed by atoms with E-state index in [4.69, 9.17) is 22.1 Å².